The van der Waals surface area contributed by atoms with Crippen LogP contribution in [0.4, 0.5) is 0 Å². The summed E-state index contributed by atoms with van der Waals surface area (Å²) in [6.45, 7) is 3.53. The van der Waals surface area contributed by atoms with Gasteiger partial charge < -0.3 is 5.11 Å². The van der Waals surface area contributed by atoms with E-state index in [2.05, 4.69) is 9.88 Å². The Bertz CT molecular complexity index is 408. The van der Waals surface area contributed by atoms with Crippen LogP contribution in [0, 0.1) is 0 Å². The summed E-state index contributed by atoms with van der Waals surface area (Å²) in [7, 11) is 0. The molecule has 1 N–H and O–H groups in total. The lowest BCUT2D eigenvalue weighted by atomic mass is 9.88. The third-order valence-electron chi connectivity index (χ3n) is 3.92. The fraction of sp³-hybridized carbons (Fsp3) is 0.571. The van der Waals surface area contributed by atoms with Crippen LogP contribution >= 0.6 is 0 Å². The van der Waals surface area contributed by atoms with E-state index < -0.39 is 11.5 Å². The minimum Gasteiger partial charge on any atom is -0.480 e. The Labute approximate surface area is 108 Å². The number of likely N-dealkylation sites (tertiary alicyclic amines) is 1. The number of aromatic nitrogens is 1. The summed E-state index contributed by atoms with van der Waals surface area (Å²) in [5, 5.41) is 9.41. The van der Waals surface area contributed by atoms with Crippen LogP contribution in [-0.4, -0.2) is 39.6 Å². The van der Waals surface area contributed by atoms with Crippen molar-refractivity contribution in [1.29, 1.82) is 0 Å². The van der Waals surface area contributed by atoms with Crippen LogP contribution in [0.15, 0.2) is 24.5 Å². The topological polar surface area (TPSA) is 53.4 Å². The molecule has 1 aliphatic rings. The Morgan fingerprint density at radius 3 is 2.83 bits per heavy atom. The van der Waals surface area contributed by atoms with E-state index in [9.17, 15) is 9.90 Å². The Balaban J connectivity index is 2.00. The zero-order valence-electron chi connectivity index (χ0n) is 10.8. The standard InChI is InChI=1S/C14H20N2O2/c1-14(13(17)18)7-2-3-10-16(14)11-6-12-4-8-15-9-5-12/h4-5,8-9H,2-3,6-7,10-11H2,1H3,(H,17,18). The number of carboxylic acid groups (broad SMARTS) is 1. The molecule has 2 rings (SSSR count). The van der Waals surface area contributed by atoms with E-state index in [1.54, 1.807) is 12.4 Å². The first-order valence-electron chi connectivity index (χ1n) is 6.50. The minimum atomic E-state index is -0.697. The summed E-state index contributed by atoms with van der Waals surface area (Å²) in [6.07, 6.45) is 7.29. The van der Waals surface area contributed by atoms with E-state index in [0.717, 1.165) is 38.8 Å². The maximum Gasteiger partial charge on any atom is 0.323 e. The van der Waals surface area contributed by atoms with Gasteiger partial charge in [-0.3, -0.25) is 14.7 Å². The van der Waals surface area contributed by atoms with Crippen LogP contribution in [-0.2, 0) is 11.2 Å². The molecule has 4 heteroatoms. The van der Waals surface area contributed by atoms with Gasteiger partial charge in [-0.1, -0.05) is 0 Å². The van der Waals surface area contributed by atoms with Gasteiger partial charge in [0, 0.05) is 18.9 Å². The number of aliphatic carboxylic acids is 1. The molecule has 1 unspecified atom stereocenters. The van der Waals surface area contributed by atoms with Gasteiger partial charge in [0.1, 0.15) is 5.54 Å². The van der Waals surface area contributed by atoms with Crippen LogP contribution in [0.3, 0.4) is 0 Å². The molecule has 1 aliphatic heterocycles. The summed E-state index contributed by atoms with van der Waals surface area (Å²) in [5.74, 6) is -0.697. The number of carbonyl (C=O) groups is 1. The number of hydrogen-bond donors (Lipinski definition) is 1. The van der Waals surface area contributed by atoms with Crippen molar-refractivity contribution in [2.75, 3.05) is 13.1 Å². The zero-order valence-corrected chi connectivity index (χ0v) is 10.8. The largest absolute Gasteiger partial charge is 0.480 e. The van der Waals surface area contributed by atoms with Crippen molar-refractivity contribution in [3.05, 3.63) is 30.1 Å². The SMILES string of the molecule is CC1(C(=O)O)CCCCN1CCc1ccncc1. The van der Waals surface area contributed by atoms with Gasteiger partial charge in [0.2, 0.25) is 0 Å². The second-order valence-corrected chi connectivity index (χ2v) is 5.13. The molecular weight excluding hydrogens is 228 g/mol. The molecule has 0 saturated carbocycles. The number of hydrogen-bond acceptors (Lipinski definition) is 3. The third kappa shape index (κ3) is 2.70. The molecule has 1 aromatic rings. The maximum absolute atomic E-state index is 11.4. The lowest BCUT2D eigenvalue weighted by Gasteiger charge is -2.41. The average Bonchev–Trinajstić information content (AvgIpc) is 2.39. The van der Waals surface area contributed by atoms with Crippen LogP contribution in [0.1, 0.15) is 31.7 Å². The van der Waals surface area contributed by atoms with Crippen molar-refractivity contribution in [3.8, 4) is 0 Å². The van der Waals surface area contributed by atoms with Gasteiger partial charge >= 0.3 is 5.97 Å². The van der Waals surface area contributed by atoms with E-state index in [1.807, 2.05) is 19.1 Å². The third-order valence-corrected chi connectivity index (χ3v) is 3.92. The van der Waals surface area contributed by atoms with Gasteiger partial charge in [-0.2, -0.15) is 0 Å². The van der Waals surface area contributed by atoms with Crippen LogP contribution in [0.25, 0.3) is 0 Å². The van der Waals surface area contributed by atoms with E-state index in [0.29, 0.717) is 0 Å². The Morgan fingerprint density at radius 2 is 2.17 bits per heavy atom. The first kappa shape index (κ1) is 13.0. The Morgan fingerprint density at radius 1 is 1.44 bits per heavy atom. The van der Waals surface area contributed by atoms with Crippen LogP contribution in [0.2, 0.25) is 0 Å². The summed E-state index contributed by atoms with van der Waals surface area (Å²) in [5.41, 5.74) is 0.522. The fourth-order valence-corrected chi connectivity index (χ4v) is 2.59. The quantitative estimate of drug-likeness (QED) is 0.885. The molecule has 0 spiro atoms. The van der Waals surface area contributed by atoms with Crippen molar-refractivity contribution in [2.45, 2.75) is 38.1 Å². The molecule has 0 bridgehead atoms. The average molecular weight is 248 g/mol. The summed E-state index contributed by atoms with van der Waals surface area (Å²) in [4.78, 5) is 17.5. The number of nitrogens with zero attached hydrogens (tertiary/aromatic N) is 2. The number of pyridine rings is 1. The molecule has 1 saturated heterocycles. The first-order valence-corrected chi connectivity index (χ1v) is 6.50. The van der Waals surface area contributed by atoms with E-state index in [4.69, 9.17) is 0 Å². The molecule has 18 heavy (non-hydrogen) atoms. The fourth-order valence-electron chi connectivity index (χ4n) is 2.59. The smallest absolute Gasteiger partial charge is 0.323 e. The predicted molar refractivity (Wildman–Crippen MR) is 69.4 cm³/mol. The van der Waals surface area contributed by atoms with Gasteiger partial charge in [0.25, 0.3) is 0 Å². The molecular formula is C14H20N2O2. The normalized spacial score (nSPS) is 24.9. The summed E-state index contributed by atoms with van der Waals surface area (Å²) in [6, 6.07) is 3.98. The van der Waals surface area contributed by atoms with E-state index in [-0.39, 0.29) is 0 Å². The van der Waals surface area contributed by atoms with E-state index in [1.165, 1.54) is 5.56 Å². The monoisotopic (exact) mass is 248 g/mol. The number of rotatable bonds is 4. The highest BCUT2D eigenvalue weighted by atomic mass is 16.4. The molecule has 0 amide bonds. The first-order chi connectivity index (χ1) is 8.63. The van der Waals surface area contributed by atoms with Crippen molar-refractivity contribution < 1.29 is 9.90 Å². The Kier molecular flexibility index (Phi) is 3.97. The zero-order chi connectivity index (χ0) is 13.0. The molecule has 1 fully saturated rings. The molecule has 1 aromatic heterocycles. The second-order valence-electron chi connectivity index (χ2n) is 5.13. The van der Waals surface area contributed by atoms with Crippen LogP contribution in [0.5, 0.6) is 0 Å². The Hall–Kier alpha value is -1.42. The molecule has 98 valence electrons. The predicted octanol–water partition coefficient (Wildman–Crippen LogP) is 1.95. The molecule has 1 atom stereocenters. The molecule has 0 radical (unpaired) electrons. The summed E-state index contributed by atoms with van der Waals surface area (Å²) >= 11 is 0. The lowest BCUT2D eigenvalue weighted by Crippen LogP contribution is -2.55. The van der Waals surface area contributed by atoms with Crippen molar-refractivity contribution in [1.82, 2.24) is 9.88 Å². The molecule has 0 aromatic carbocycles. The molecule has 2 heterocycles. The second kappa shape index (κ2) is 5.48. The number of piperidine rings is 1. The number of carboxylic acids is 1. The van der Waals surface area contributed by atoms with E-state index >= 15 is 0 Å². The highest BCUT2D eigenvalue weighted by Gasteiger charge is 2.40. The summed E-state index contributed by atoms with van der Waals surface area (Å²) < 4.78 is 0. The lowest BCUT2D eigenvalue weighted by molar-refractivity contribution is -0.152. The maximum atomic E-state index is 11.4. The van der Waals surface area contributed by atoms with Crippen LogP contribution < -0.4 is 0 Å². The molecule has 0 aliphatic carbocycles. The van der Waals surface area contributed by atoms with Crippen molar-refractivity contribution in [2.24, 2.45) is 0 Å². The minimum absolute atomic E-state index is 0.689. The van der Waals surface area contributed by atoms with Gasteiger partial charge in [-0.15, -0.1) is 0 Å². The van der Waals surface area contributed by atoms with Crippen molar-refractivity contribution >= 4 is 5.97 Å². The van der Waals surface area contributed by atoms with Gasteiger partial charge in [0.05, 0.1) is 0 Å². The van der Waals surface area contributed by atoms with Gasteiger partial charge in [-0.25, -0.2) is 0 Å². The van der Waals surface area contributed by atoms with Gasteiger partial charge in [-0.05, 0) is 56.8 Å². The van der Waals surface area contributed by atoms with Crippen molar-refractivity contribution in [3.63, 3.8) is 0 Å². The molecule has 4 nitrogen and oxygen atoms in total. The highest BCUT2D eigenvalue weighted by molar-refractivity contribution is 5.78. The van der Waals surface area contributed by atoms with Gasteiger partial charge in [0.15, 0.2) is 0 Å². The highest BCUT2D eigenvalue weighted by Crippen LogP contribution is 2.28.